The lowest BCUT2D eigenvalue weighted by molar-refractivity contribution is 0.373. The van der Waals surface area contributed by atoms with Crippen molar-refractivity contribution in [2.24, 2.45) is 0 Å². The minimum Gasteiger partial charge on any atom is -0.313 e. The molecule has 1 aliphatic heterocycles. The molecule has 0 unspecified atom stereocenters. The molecule has 1 atom stereocenters. The Balaban J connectivity index is 1.41. The van der Waals surface area contributed by atoms with Crippen LogP contribution >= 0.6 is 0 Å². The highest BCUT2D eigenvalue weighted by Gasteiger charge is 2.21. The lowest BCUT2D eigenvalue weighted by atomic mass is 10.1. The molecule has 3 aromatic rings. The van der Waals surface area contributed by atoms with Crippen molar-refractivity contribution in [3.8, 4) is 5.69 Å². The van der Waals surface area contributed by atoms with Crippen molar-refractivity contribution >= 4 is 0 Å². The summed E-state index contributed by atoms with van der Waals surface area (Å²) in [6.07, 6.45) is 5.70. The molecule has 1 N–H and O–H groups in total. The van der Waals surface area contributed by atoms with Gasteiger partial charge in [0, 0.05) is 32.0 Å². The van der Waals surface area contributed by atoms with E-state index in [0.29, 0.717) is 18.3 Å². The van der Waals surface area contributed by atoms with Gasteiger partial charge in [0.25, 0.3) is 0 Å². The van der Waals surface area contributed by atoms with Gasteiger partial charge in [-0.1, -0.05) is 13.0 Å². The van der Waals surface area contributed by atoms with Gasteiger partial charge in [0.2, 0.25) is 0 Å². The molecule has 25 heavy (non-hydrogen) atoms. The van der Waals surface area contributed by atoms with Crippen molar-refractivity contribution < 1.29 is 4.39 Å². The van der Waals surface area contributed by atoms with E-state index in [1.54, 1.807) is 12.1 Å². The fourth-order valence-corrected chi connectivity index (χ4v) is 3.25. The number of halogens is 1. The van der Waals surface area contributed by atoms with Gasteiger partial charge in [-0.25, -0.2) is 14.1 Å². The molecule has 3 heterocycles. The Morgan fingerprint density at radius 2 is 2.24 bits per heavy atom. The van der Waals surface area contributed by atoms with Crippen molar-refractivity contribution in [1.82, 2.24) is 34.8 Å². The predicted octanol–water partition coefficient (Wildman–Crippen LogP) is 1.66. The molecule has 7 nitrogen and oxygen atoms in total. The second-order valence-corrected chi connectivity index (χ2v) is 6.24. The van der Waals surface area contributed by atoms with E-state index in [9.17, 15) is 4.39 Å². The van der Waals surface area contributed by atoms with Gasteiger partial charge < -0.3 is 9.88 Å². The number of benzene rings is 1. The van der Waals surface area contributed by atoms with Crippen molar-refractivity contribution in [3.05, 3.63) is 53.9 Å². The number of aromatic nitrogens is 6. The summed E-state index contributed by atoms with van der Waals surface area (Å²) in [6.45, 7) is 3.58. The molecule has 0 fully saturated rings. The molecule has 2 aromatic heterocycles. The van der Waals surface area contributed by atoms with Crippen LogP contribution in [0.2, 0.25) is 0 Å². The Hall–Kier alpha value is -2.61. The van der Waals surface area contributed by atoms with Crippen LogP contribution in [0.4, 0.5) is 4.39 Å². The molecular weight excluding hydrogens is 321 g/mol. The smallest absolute Gasteiger partial charge is 0.149 e. The van der Waals surface area contributed by atoms with Gasteiger partial charge in [0.1, 0.15) is 35.8 Å². The molecule has 130 valence electrons. The van der Waals surface area contributed by atoms with E-state index in [2.05, 4.69) is 37.1 Å². The van der Waals surface area contributed by atoms with Gasteiger partial charge in [0.05, 0.1) is 0 Å². The molecule has 0 radical (unpaired) electrons. The van der Waals surface area contributed by atoms with E-state index < -0.39 is 0 Å². The molecule has 4 rings (SSSR count). The number of aryl methyl sites for hydroxylation is 2. The van der Waals surface area contributed by atoms with E-state index in [-0.39, 0.29) is 5.82 Å². The zero-order valence-electron chi connectivity index (χ0n) is 14.1. The molecule has 0 aliphatic carbocycles. The summed E-state index contributed by atoms with van der Waals surface area (Å²) < 4.78 is 17.9. The molecule has 0 amide bonds. The Morgan fingerprint density at radius 1 is 1.32 bits per heavy atom. The number of hydrogen-bond donors (Lipinski definition) is 1. The average Bonchev–Trinajstić information content (AvgIpc) is 3.29. The van der Waals surface area contributed by atoms with Crippen molar-refractivity contribution in [2.75, 3.05) is 0 Å². The summed E-state index contributed by atoms with van der Waals surface area (Å²) in [5.41, 5.74) is 1.31. The van der Waals surface area contributed by atoms with Gasteiger partial charge in [-0.15, -0.1) is 10.2 Å². The lowest BCUT2D eigenvalue weighted by Crippen LogP contribution is -2.37. The van der Waals surface area contributed by atoms with E-state index in [0.717, 1.165) is 43.0 Å². The molecule has 0 saturated carbocycles. The highest BCUT2D eigenvalue weighted by molar-refractivity contribution is 5.35. The van der Waals surface area contributed by atoms with Gasteiger partial charge in [-0.3, -0.25) is 0 Å². The normalized spacial score (nSPS) is 16.8. The maximum Gasteiger partial charge on any atom is 0.149 e. The third kappa shape index (κ3) is 3.17. The molecule has 0 bridgehead atoms. The van der Waals surface area contributed by atoms with Crippen LogP contribution in [0, 0.1) is 5.82 Å². The van der Waals surface area contributed by atoms with Crippen LogP contribution in [0.25, 0.3) is 5.69 Å². The summed E-state index contributed by atoms with van der Waals surface area (Å²) in [5, 5.41) is 16.0. The molecule has 1 aliphatic rings. The zero-order valence-corrected chi connectivity index (χ0v) is 14.1. The van der Waals surface area contributed by atoms with Crippen LogP contribution in [-0.2, 0) is 25.9 Å². The summed E-state index contributed by atoms with van der Waals surface area (Å²) in [6, 6.07) is 5.54. The standard InChI is InChI=1S/C17H20FN7/c1-2-16-22-23-17-6-4-13(9-24(16)17)20-8-12-3-5-15(14(18)7-12)25-11-19-10-21-25/h3,5,7,10-11,13,20H,2,4,6,8-9H2,1H3/t13-/m0/s1. The van der Waals surface area contributed by atoms with Crippen LogP contribution in [0.3, 0.4) is 0 Å². The number of nitrogens with zero attached hydrogens (tertiary/aromatic N) is 6. The maximum absolute atomic E-state index is 14.3. The first-order chi connectivity index (χ1) is 12.2. The Morgan fingerprint density at radius 3 is 3.00 bits per heavy atom. The van der Waals surface area contributed by atoms with Gasteiger partial charge in [-0.05, 0) is 24.1 Å². The topological polar surface area (TPSA) is 73.5 Å². The van der Waals surface area contributed by atoms with Gasteiger partial charge >= 0.3 is 0 Å². The van der Waals surface area contributed by atoms with Crippen molar-refractivity contribution in [2.45, 2.75) is 45.3 Å². The monoisotopic (exact) mass is 341 g/mol. The second-order valence-electron chi connectivity index (χ2n) is 6.24. The van der Waals surface area contributed by atoms with Crippen LogP contribution in [0.1, 0.15) is 30.6 Å². The number of rotatable bonds is 5. The Labute approximate surface area is 144 Å². The third-order valence-electron chi connectivity index (χ3n) is 4.61. The van der Waals surface area contributed by atoms with E-state index in [1.807, 2.05) is 6.07 Å². The predicted molar refractivity (Wildman–Crippen MR) is 89.7 cm³/mol. The Kier molecular flexibility index (Phi) is 4.27. The summed E-state index contributed by atoms with van der Waals surface area (Å²) in [7, 11) is 0. The number of hydrogen-bond acceptors (Lipinski definition) is 5. The molecule has 8 heteroatoms. The molecular formula is C17H20FN7. The van der Waals surface area contributed by atoms with Gasteiger partial charge in [0.15, 0.2) is 0 Å². The zero-order chi connectivity index (χ0) is 17.2. The van der Waals surface area contributed by atoms with Crippen LogP contribution < -0.4 is 5.32 Å². The molecule has 1 aromatic carbocycles. The van der Waals surface area contributed by atoms with Crippen LogP contribution in [0.15, 0.2) is 30.9 Å². The minimum atomic E-state index is -0.303. The van der Waals surface area contributed by atoms with Crippen molar-refractivity contribution in [1.29, 1.82) is 0 Å². The SMILES string of the molecule is CCc1nnc2n1C[C@@H](NCc1ccc(-n3cncn3)c(F)c1)CC2. The van der Waals surface area contributed by atoms with Crippen LogP contribution in [0.5, 0.6) is 0 Å². The first kappa shape index (κ1) is 15.9. The van der Waals surface area contributed by atoms with E-state index in [4.69, 9.17) is 0 Å². The van der Waals surface area contributed by atoms with Crippen molar-refractivity contribution in [3.63, 3.8) is 0 Å². The summed E-state index contributed by atoms with van der Waals surface area (Å²) >= 11 is 0. The fraction of sp³-hybridized carbons (Fsp3) is 0.412. The number of nitrogens with one attached hydrogen (secondary N) is 1. The van der Waals surface area contributed by atoms with Gasteiger partial charge in [-0.2, -0.15) is 5.10 Å². The quantitative estimate of drug-likeness (QED) is 0.764. The largest absolute Gasteiger partial charge is 0.313 e. The third-order valence-corrected chi connectivity index (χ3v) is 4.61. The first-order valence-electron chi connectivity index (χ1n) is 8.52. The summed E-state index contributed by atoms with van der Waals surface area (Å²) in [5.74, 6) is 1.80. The first-order valence-corrected chi connectivity index (χ1v) is 8.52. The Bertz CT molecular complexity index is 843. The molecule has 0 spiro atoms. The maximum atomic E-state index is 14.3. The fourth-order valence-electron chi connectivity index (χ4n) is 3.25. The minimum absolute atomic E-state index is 0.303. The lowest BCUT2D eigenvalue weighted by Gasteiger charge is -2.25. The number of fused-ring (bicyclic) bond motifs is 1. The second kappa shape index (κ2) is 6.72. The summed E-state index contributed by atoms with van der Waals surface area (Å²) in [4.78, 5) is 3.85. The highest BCUT2D eigenvalue weighted by Crippen LogP contribution is 2.17. The van der Waals surface area contributed by atoms with E-state index >= 15 is 0 Å². The molecule has 0 saturated heterocycles. The van der Waals surface area contributed by atoms with Crippen LogP contribution in [-0.4, -0.2) is 35.6 Å². The average molecular weight is 341 g/mol. The highest BCUT2D eigenvalue weighted by atomic mass is 19.1. The van der Waals surface area contributed by atoms with E-state index in [1.165, 1.54) is 17.3 Å².